The van der Waals surface area contributed by atoms with Crippen molar-refractivity contribution in [3.63, 3.8) is 0 Å². The van der Waals surface area contributed by atoms with Crippen LogP contribution in [0.2, 0.25) is 0 Å². The van der Waals surface area contributed by atoms with E-state index in [-0.39, 0.29) is 44.4 Å². The maximum absolute atomic E-state index is 14.6. The van der Waals surface area contributed by atoms with Gasteiger partial charge in [-0.15, -0.1) is 10.2 Å². The number of ether oxygens (including phenoxy) is 6. The minimum absolute atomic E-state index is 0.0506. The summed E-state index contributed by atoms with van der Waals surface area (Å²) in [6, 6.07) is 6.42. The zero-order valence-corrected chi connectivity index (χ0v) is 46.0. The van der Waals surface area contributed by atoms with Gasteiger partial charge in [0.1, 0.15) is 54.2 Å². The lowest BCUT2D eigenvalue weighted by molar-refractivity contribution is -0.302. The number of aliphatic hydroxyl groups excluding tert-OH is 4. The fourth-order valence-corrected chi connectivity index (χ4v) is 12.1. The molecule has 0 radical (unpaired) electrons. The molecule has 20 nitrogen and oxygen atoms in total. The second-order valence-electron chi connectivity index (χ2n) is 22.2. The van der Waals surface area contributed by atoms with E-state index in [1.165, 1.54) is 25.6 Å². The first kappa shape index (κ1) is 59.0. The van der Waals surface area contributed by atoms with Crippen molar-refractivity contribution in [2.24, 2.45) is 23.7 Å². The predicted molar refractivity (Wildman–Crippen MR) is 272 cm³/mol. The van der Waals surface area contributed by atoms with Crippen molar-refractivity contribution < 1.29 is 63.9 Å². The zero-order chi connectivity index (χ0) is 53.7. The summed E-state index contributed by atoms with van der Waals surface area (Å²) < 4.78 is 43.5. The Morgan fingerprint density at radius 1 is 0.986 bits per heavy atom. The Morgan fingerprint density at radius 3 is 2.33 bits per heavy atom. The first-order chi connectivity index (χ1) is 34.3. The van der Waals surface area contributed by atoms with Crippen molar-refractivity contribution in [1.29, 1.82) is 0 Å². The number of methoxy groups -OCH3 is 1. The van der Waals surface area contributed by atoms with E-state index >= 15 is 0 Å². The van der Waals surface area contributed by atoms with E-state index in [2.05, 4.69) is 19.9 Å². The Labute approximate surface area is 435 Å². The standard InChI is InChI=1S/C52H85N7O13S/c1-14-42-52(10,66)45(62)33(6)58(12)24-29(2)22-50(8,65)47(31(4)43(32(5)48(64)71-42)41-23-51(9,67-13)46(63)34(7)70-41)72-49-44(61)40(21-30(3)69-49)57(11)20-19-36-25-59(55-53-36)26-37(60)27-68-38-17-15-35(16-18-38)39-28-73-56-54-39/h15-18,25,28-34,37,40-47,49,60-63,65-66H,14,19-24,26-27H2,1-13H3/t29-,30-,31+,32-,33-,34+,37?,40+,41?,42-,43+,44-,45-,46+,47-,49+,50-,51-,52-/m1/s1. The van der Waals surface area contributed by atoms with Crippen LogP contribution in [0.5, 0.6) is 5.75 Å². The first-order valence-electron chi connectivity index (χ1n) is 26.0. The van der Waals surface area contributed by atoms with Crippen LogP contribution in [0.15, 0.2) is 35.8 Å². The van der Waals surface area contributed by atoms with Crippen LogP contribution in [-0.4, -0.2) is 202 Å². The van der Waals surface area contributed by atoms with Gasteiger partial charge < -0.3 is 68.9 Å². The Morgan fingerprint density at radius 2 is 1.68 bits per heavy atom. The van der Waals surface area contributed by atoms with Crippen LogP contribution in [0.1, 0.15) is 101 Å². The molecule has 0 amide bonds. The van der Waals surface area contributed by atoms with Gasteiger partial charge in [-0.05, 0) is 123 Å². The monoisotopic (exact) mass is 1050 g/mol. The van der Waals surface area contributed by atoms with E-state index in [1.54, 1.807) is 52.4 Å². The number of hydrogen-bond donors (Lipinski definition) is 6. The third-order valence-corrected chi connectivity index (χ3v) is 16.6. The van der Waals surface area contributed by atoms with Crippen molar-refractivity contribution in [3.8, 4) is 17.0 Å². The molecule has 21 heteroatoms. The van der Waals surface area contributed by atoms with Gasteiger partial charge in [0.05, 0.1) is 53.8 Å². The molecule has 73 heavy (non-hydrogen) atoms. The lowest BCUT2D eigenvalue weighted by Gasteiger charge is -2.51. The molecule has 5 heterocycles. The highest BCUT2D eigenvalue weighted by molar-refractivity contribution is 7.03. The minimum atomic E-state index is -1.82. The van der Waals surface area contributed by atoms with E-state index in [9.17, 15) is 35.4 Å². The second kappa shape index (κ2) is 24.8. The predicted octanol–water partition coefficient (Wildman–Crippen LogP) is 3.34. The topological polar surface area (TPSA) is 257 Å². The molecule has 3 aliphatic rings. The summed E-state index contributed by atoms with van der Waals surface area (Å²) in [6.45, 7) is 19.0. The molecular weight excluding hydrogens is 963 g/mol. The summed E-state index contributed by atoms with van der Waals surface area (Å²) in [7, 11) is 5.29. The minimum Gasteiger partial charge on any atom is -0.491 e. The van der Waals surface area contributed by atoms with Gasteiger partial charge in [-0.3, -0.25) is 4.79 Å². The van der Waals surface area contributed by atoms with Crippen LogP contribution in [-0.2, 0) is 41.4 Å². The second-order valence-corrected chi connectivity index (χ2v) is 22.8. The van der Waals surface area contributed by atoms with Gasteiger partial charge in [-0.1, -0.05) is 37.4 Å². The summed E-state index contributed by atoms with van der Waals surface area (Å²) in [4.78, 5) is 18.6. The Hall–Kier alpha value is -3.29. The molecule has 0 saturated carbocycles. The number of rotatable bonds is 15. The third kappa shape index (κ3) is 14.0. The van der Waals surface area contributed by atoms with Crippen LogP contribution < -0.4 is 4.74 Å². The number of carbonyl (C=O) groups is 1. The van der Waals surface area contributed by atoms with Gasteiger partial charge in [0.15, 0.2) is 6.29 Å². The number of benzene rings is 1. The van der Waals surface area contributed by atoms with Crippen molar-refractivity contribution in [1.82, 2.24) is 34.4 Å². The fourth-order valence-electron chi connectivity index (χ4n) is 11.7. The van der Waals surface area contributed by atoms with Crippen LogP contribution in [0.3, 0.4) is 0 Å². The lowest BCUT2D eigenvalue weighted by Crippen LogP contribution is -2.62. The maximum atomic E-state index is 14.6. The molecule has 1 aromatic carbocycles. The molecule has 0 spiro atoms. The van der Waals surface area contributed by atoms with E-state index in [0.717, 1.165) is 11.3 Å². The molecule has 0 aliphatic carbocycles. The van der Waals surface area contributed by atoms with Gasteiger partial charge in [0.25, 0.3) is 0 Å². The molecule has 0 bridgehead atoms. The molecule has 412 valence electrons. The summed E-state index contributed by atoms with van der Waals surface area (Å²) in [6.07, 6.45) is -6.11. The van der Waals surface area contributed by atoms with Crippen LogP contribution in [0.25, 0.3) is 11.3 Å². The van der Waals surface area contributed by atoms with Crippen molar-refractivity contribution in [3.05, 3.63) is 41.5 Å². The highest BCUT2D eigenvalue weighted by Gasteiger charge is 2.55. The molecule has 3 aromatic rings. The highest BCUT2D eigenvalue weighted by atomic mass is 32.1. The van der Waals surface area contributed by atoms with E-state index in [0.29, 0.717) is 37.4 Å². The third-order valence-electron chi connectivity index (χ3n) is 16.1. The molecule has 6 rings (SSSR count). The number of cyclic esters (lactones) is 1. The average molecular weight is 1050 g/mol. The molecule has 2 aromatic heterocycles. The number of hydrogen-bond acceptors (Lipinski definition) is 20. The Balaban J connectivity index is 1.21. The first-order valence-corrected chi connectivity index (χ1v) is 26.8. The molecule has 2 unspecified atom stereocenters. The van der Waals surface area contributed by atoms with Crippen LogP contribution in [0, 0.1) is 23.7 Å². The van der Waals surface area contributed by atoms with E-state index in [1.807, 2.05) is 74.3 Å². The Bertz CT molecular complexity index is 2170. The number of likely N-dealkylation sites (N-methyl/N-ethyl adjacent to an activating group) is 2. The lowest BCUT2D eigenvalue weighted by atomic mass is 9.68. The molecule has 3 saturated heterocycles. The van der Waals surface area contributed by atoms with Crippen molar-refractivity contribution in [2.75, 3.05) is 40.9 Å². The number of nitrogens with zero attached hydrogens (tertiary/aromatic N) is 7. The number of aliphatic hydroxyl groups is 6. The average Bonchev–Trinajstić information content (AvgIpc) is 4.05. The molecule has 6 N–H and O–H groups in total. The number of esters is 1. The van der Waals surface area contributed by atoms with Crippen molar-refractivity contribution >= 4 is 17.5 Å². The number of carbonyl (C=O) groups excluding carboxylic acids is 1. The molecule has 3 aliphatic heterocycles. The van der Waals surface area contributed by atoms with Crippen molar-refractivity contribution in [2.45, 2.75) is 198 Å². The van der Waals surface area contributed by atoms with Gasteiger partial charge in [0, 0.05) is 68.2 Å². The summed E-state index contributed by atoms with van der Waals surface area (Å²) in [5.41, 5.74) is -2.08. The van der Waals surface area contributed by atoms with Crippen LogP contribution in [0.4, 0.5) is 0 Å². The van der Waals surface area contributed by atoms with Gasteiger partial charge in [0.2, 0.25) is 0 Å². The molecule has 3 fully saturated rings. The van der Waals surface area contributed by atoms with Gasteiger partial charge >= 0.3 is 5.97 Å². The molecule has 19 atom stereocenters. The van der Waals surface area contributed by atoms with Crippen LogP contribution >= 0.6 is 11.5 Å². The normalized spacial score (nSPS) is 39.1. The largest absolute Gasteiger partial charge is 0.491 e. The van der Waals surface area contributed by atoms with E-state index in [4.69, 9.17) is 28.4 Å². The zero-order valence-electron chi connectivity index (χ0n) is 45.1. The van der Waals surface area contributed by atoms with E-state index < -0.39 is 108 Å². The quantitative estimate of drug-likeness (QED) is 0.119. The van der Waals surface area contributed by atoms with Gasteiger partial charge in [-0.2, -0.15) is 0 Å². The Kier molecular flexibility index (Phi) is 20.0. The van der Waals surface area contributed by atoms with Gasteiger partial charge in [-0.25, -0.2) is 4.68 Å². The molecular formula is C52H85N7O13S. The smallest absolute Gasteiger partial charge is 0.309 e. The summed E-state index contributed by atoms with van der Waals surface area (Å²) in [5.74, 6) is -2.58. The highest BCUT2D eigenvalue weighted by Crippen LogP contribution is 2.45. The maximum Gasteiger partial charge on any atom is 0.309 e. The summed E-state index contributed by atoms with van der Waals surface area (Å²) in [5, 5.41) is 85.4. The SMILES string of the molecule is CC[C@H]1OC(=O)[C@H](C)[C@@H](C2C[C@@](C)(OC)[C@@H](O)[C@H](C)O2)[C@H](C)[C@@H](O[C@@H]2O[C@H](C)C[C@H](N(C)CCc3cn(CC(O)COc4ccc(-c5csnn5)cc4)nn3)[C@H]2O)[C@](C)(O)C[C@@H](C)CN(C)[C@H](C)[C@@H](O)[C@]1(C)O. The number of aromatic nitrogens is 5. The fraction of sp³-hybridized carbons (Fsp3) is 0.788. The summed E-state index contributed by atoms with van der Waals surface area (Å²) >= 11 is 1.28.